The van der Waals surface area contributed by atoms with E-state index in [4.69, 9.17) is 0 Å². The summed E-state index contributed by atoms with van der Waals surface area (Å²) in [6.07, 6.45) is 4.78. The summed E-state index contributed by atoms with van der Waals surface area (Å²) in [5.41, 5.74) is 1.66. The normalized spacial score (nSPS) is 14.1. The van der Waals surface area contributed by atoms with Gasteiger partial charge in [-0.3, -0.25) is 9.69 Å². The number of pyridine rings is 2. The standard InChI is InChI=1S/C21H22FN9O/c1-24-20(32)15-2-3-17(16(12-23)28-15)31-10-8-30(9-11-31)13-14-4-5-25-19(18(14)22)29-21-26-6-7-27-21/h2-7H,8-11,13H2,1H3,(H,24,32)(H2,25,26,27,29). The summed E-state index contributed by atoms with van der Waals surface area (Å²) in [7, 11) is 1.52. The number of amides is 1. The minimum atomic E-state index is -0.410. The molecule has 10 nitrogen and oxygen atoms in total. The molecule has 0 unspecified atom stereocenters. The predicted octanol–water partition coefficient (Wildman–Crippen LogP) is 1.64. The van der Waals surface area contributed by atoms with Crippen molar-refractivity contribution in [3.05, 3.63) is 59.6 Å². The minimum Gasteiger partial charge on any atom is -0.367 e. The molecule has 3 aromatic heterocycles. The highest BCUT2D eigenvalue weighted by atomic mass is 19.1. The molecule has 1 fully saturated rings. The molecule has 4 heterocycles. The van der Waals surface area contributed by atoms with E-state index >= 15 is 0 Å². The highest BCUT2D eigenvalue weighted by Gasteiger charge is 2.22. The molecule has 1 aliphatic rings. The zero-order valence-corrected chi connectivity index (χ0v) is 17.5. The number of aromatic amines is 1. The van der Waals surface area contributed by atoms with Crippen LogP contribution in [0.5, 0.6) is 0 Å². The number of nitrogens with zero attached hydrogens (tertiary/aromatic N) is 6. The molecule has 0 aliphatic carbocycles. The molecular formula is C21H22FN9O. The first-order valence-corrected chi connectivity index (χ1v) is 10.1. The van der Waals surface area contributed by atoms with Gasteiger partial charge in [0.15, 0.2) is 17.3 Å². The van der Waals surface area contributed by atoms with Gasteiger partial charge in [-0.25, -0.2) is 19.3 Å². The van der Waals surface area contributed by atoms with Crippen LogP contribution in [0.1, 0.15) is 21.7 Å². The van der Waals surface area contributed by atoms with E-state index in [1.54, 1.807) is 36.8 Å². The summed E-state index contributed by atoms with van der Waals surface area (Å²) in [5.74, 6) is -0.200. The first kappa shape index (κ1) is 21.2. The summed E-state index contributed by atoms with van der Waals surface area (Å²) in [4.78, 5) is 31.1. The fourth-order valence-electron chi connectivity index (χ4n) is 3.57. The number of carbonyl (C=O) groups excluding carboxylic acids is 1. The van der Waals surface area contributed by atoms with Gasteiger partial charge in [-0.1, -0.05) is 0 Å². The molecule has 0 radical (unpaired) electrons. The van der Waals surface area contributed by atoms with Crippen LogP contribution in [0.15, 0.2) is 36.8 Å². The molecule has 1 saturated heterocycles. The van der Waals surface area contributed by atoms with Crippen LogP contribution in [-0.2, 0) is 6.54 Å². The second kappa shape index (κ2) is 9.40. The molecule has 32 heavy (non-hydrogen) atoms. The maximum Gasteiger partial charge on any atom is 0.269 e. The Balaban J connectivity index is 1.41. The third-order valence-corrected chi connectivity index (χ3v) is 5.25. The number of hydrogen-bond acceptors (Lipinski definition) is 8. The van der Waals surface area contributed by atoms with Gasteiger partial charge >= 0.3 is 0 Å². The minimum absolute atomic E-state index is 0.122. The van der Waals surface area contributed by atoms with Crippen molar-refractivity contribution in [2.75, 3.05) is 43.4 Å². The topological polar surface area (TPSA) is 126 Å². The van der Waals surface area contributed by atoms with Crippen molar-refractivity contribution in [1.29, 1.82) is 5.26 Å². The lowest BCUT2D eigenvalue weighted by Crippen LogP contribution is -2.46. The average molecular weight is 435 g/mol. The molecule has 11 heteroatoms. The molecule has 0 spiro atoms. The monoisotopic (exact) mass is 435 g/mol. The highest BCUT2D eigenvalue weighted by Crippen LogP contribution is 2.23. The first-order valence-electron chi connectivity index (χ1n) is 10.1. The van der Waals surface area contributed by atoms with E-state index in [1.807, 2.05) is 0 Å². The van der Waals surface area contributed by atoms with E-state index in [9.17, 15) is 14.4 Å². The average Bonchev–Trinajstić information content (AvgIpc) is 3.34. The quantitative estimate of drug-likeness (QED) is 0.534. The zero-order chi connectivity index (χ0) is 22.5. The van der Waals surface area contributed by atoms with Gasteiger partial charge in [-0.2, -0.15) is 5.26 Å². The van der Waals surface area contributed by atoms with Crippen molar-refractivity contribution in [3.8, 4) is 6.07 Å². The highest BCUT2D eigenvalue weighted by molar-refractivity contribution is 5.92. The van der Waals surface area contributed by atoms with Gasteiger partial charge in [-0.15, -0.1) is 0 Å². The van der Waals surface area contributed by atoms with Crippen LogP contribution in [0.25, 0.3) is 0 Å². The molecule has 1 aliphatic heterocycles. The number of aromatic nitrogens is 4. The predicted molar refractivity (Wildman–Crippen MR) is 116 cm³/mol. The lowest BCUT2D eigenvalue weighted by molar-refractivity contribution is 0.0958. The Hall–Kier alpha value is -4.04. The largest absolute Gasteiger partial charge is 0.367 e. The molecule has 0 saturated carbocycles. The lowest BCUT2D eigenvalue weighted by Gasteiger charge is -2.36. The number of anilines is 3. The fraction of sp³-hybridized carbons (Fsp3) is 0.286. The van der Waals surface area contributed by atoms with E-state index in [2.05, 4.69) is 46.4 Å². The summed E-state index contributed by atoms with van der Waals surface area (Å²) < 4.78 is 14.9. The summed E-state index contributed by atoms with van der Waals surface area (Å²) in [6.45, 7) is 3.11. The van der Waals surface area contributed by atoms with E-state index in [0.717, 1.165) is 0 Å². The fourth-order valence-corrected chi connectivity index (χ4v) is 3.57. The molecule has 0 bridgehead atoms. The number of piperazine rings is 1. The van der Waals surface area contributed by atoms with Crippen molar-refractivity contribution in [2.24, 2.45) is 0 Å². The van der Waals surface area contributed by atoms with Crippen LogP contribution in [0.4, 0.5) is 21.8 Å². The number of H-pyrrole nitrogens is 1. The lowest BCUT2D eigenvalue weighted by atomic mass is 10.2. The SMILES string of the molecule is CNC(=O)c1ccc(N2CCN(Cc3ccnc(Nc4ncc[nH]4)c3F)CC2)c(C#N)n1. The molecule has 3 N–H and O–H groups in total. The van der Waals surface area contributed by atoms with Crippen molar-refractivity contribution < 1.29 is 9.18 Å². The maximum absolute atomic E-state index is 14.9. The van der Waals surface area contributed by atoms with E-state index < -0.39 is 5.82 Å². The molecule has 3 aromatic rings. The van der Waals surface area contributed by atoms with E-state index in [1.165, 1.54) is 7.05 Å². The third-order valence-electron chi connectivity index (χ3n) is 5.25. The van der Waals surface area contributed by atoms with Gasteiger partial charge in [-0.05, 0) is 18.2 Å². The zero-order valence-electron chi connectivity index (χ0n) is 17.5. The summed E-state index contributed by atoms with van der Waals surface area (Å²) in [6, 6.07) is 7.11. The Morgan fingerprint density at radius 3 is 2.72 bits per heavy atom. The van der Waals surface area contributed by atoms with Gasteiger partial charge in [0.25, 0.3) is 5.91 Å². The number of imidazole rings is 1. The molecular weight excluding hydrogens is 413 g/mol. The Morgan fingerprint density at radius 2 is 2.03 bits per heavy atom. The number of nitrogens with one attached hydrogen (secondary N) is 3. The van der Waals surface area contributed by atoms with Crippen LogP contribution in [0, 0.1) is 17.1 Å². The molecule has 4 rings (SSSR count). The van der Waals surface area contributed by atoms with Crippen LogP contribution < -0.4 is 15.5 Å². The van der Waals surface area contributed by atoms with Crippen molar-refractivity contribution >= 4 is 23.4 Å². The smallest absolute Gasteiger partial charge is 0.269 e. The van der Waals surface area contributed by atoms with Crippen LogP contribution in [0.2, 0.25) is 0 Å². The molecule has 0 atom stereocenters. The number of hydrogen-bond donors (Lipinski definition) is 3. The van der Waals surface area contributed by atoms with E-state index in [-0.39, 0.29) is 23.1 Å². The Kier molecular flexibility index (Phi) is 6.23. The summed E-state index contributed by atoms with van der Waals surface area (Å²) >= 11 is 0. The Labute approximate surface area is 184 Å². The second-order valence-electron chi connectivity index (χ2n) is 7.21. The number of carbonyl (C=O) groups is 1. The van der Waals surface area contributed by atoms with Crippen LogP contribution in [0.3, 0.4) is 0 Å². The second-order valence-corrected chi connectivity index (χ2v) is 7.21. The molecule has 0 aromatic carbocycles. The Bertz CT molecular complexity index is 1130. The Morgan fingerprint density at radius 1 is 1.22 bits per heavy atom. The van der Waals surface area contributed by atoms with Crippen molar-refractivity contribution in [2.45, 2.75) is 6.54 Å². The van der Waals surface area contributed by atoms with Gasteiger partial charge in [0.2, 0.25) is 5.95 Å². The maximum atomic E-state index is 14.9. The number of rotatable bonds is 6. The van der Waals surface area contributed by atoms with Crippen LogP contribution in [-0.4, -0.2) is 64.0 Å². The molecule has 164 valence electrons. The van der Waals surface area contributed by atoms with Crippen molar-refractivity contribution in [3.63, 3.8) is 0 Å². The number of nitriles is 1. The molecule has 1 amide bonds. The van der Waals surface area contributed by atoms with Crippen LogP contribution >= 0.6 is 0 Å². The van der Waals surface area contributed by atoms with Gasteiger partial charge in [0.1, 0.15) is 11.8 Å². The van der Waals surface area contributed by atoms with Gasteiger partial charge < -0.3 is 20.5 Å². The van der Waals surface area contributed by atoms with Crippen molar-refractivity contribution in [1.82, 2.24) is 30.2 Å². The third kappa shape index (κ3) is 4.50. The summed E-state index contributed by atoms with van der Waals surface area (Å²) in [5, 5.41) is 14.8. The van der Waals surface area contributed by atoms with Gasteiger partial charge in [0.05, 0.1) is 5.69 Å². The van der Waals surface area contributed by atoms with E-state index in [0.29, 0.717) is 49.9 Å². The first-order chi connectivity index (χ1) is 15.6. The number of halogens is 1. The van der Waals surface area contributed by atoms with Gasteiger partial charge in [0, 0.05) is 63.9 Å².